The topological polar surface area (TPSA) is 139 Å². The van der Waals surface area contributed by atoms with E-state index in [0.29, 0.717) is 0 Å². The van der Waals surface area contributed by atoms with Gasteiger partial charge in [-0.15, -0.1) is 0 Å². The molecule has 0 bridgehead atoms. The van der Waals surface area contributed by atoms with Gasteiger partial charge in [-0.05, 0) is 6.42 Å². The molecule has 9 heteroatoms. The Morgan fingerprint density at radius 2 is 1.75 bits per heavy atom. The zero-order valence-electron chi connectivity index (χ0n) is 8.60. The molecule has 0 saturated heterocycles. The van der Waals surface area contributed by atoms with Crippen LogP contribution in [0.3, 0.4) is 0 Å². The number of nitrogens with one attached hydrogen (secondary N) is 2. The SMILES string of the molecule is NS(=O)(=O)CCCNC(=O)NCCC(=O)O. The first-order valence-electron chi connectivity index (χ1n) is 4.55. The van der Waals surface area contributed by atoms with Gasteiger partial charge in [-0.2, -0.15) is 0 Å². The Morgan fingerprint density at radius 1 is 1.19 bits per heavy atom. The van der Waals surface area contributed by atoms with E-state index in [-0.39, 0.29) is 31.7 Å². The van der Waals surface area contributed by atoms with Crippen LogP contribution < -0.4 is 15.8 Å². The minimum absolute atomic E-state index is 0.0242. The maximum Gasteiger partial charge on any atom is 0.314 e. The van der Waals surface area contributed by atoms with Crippen LogP contribution in [0.15, 0.2) is 0 Å². The van der Waals surface area contributed by atoms with Crippen molar-refractivity contribution < 1.29 is 23.1 Å². The Balaban J connectivity index is 3.48. The molecule has 0 saturated carbocycles. The van der Waals surface area contributed by atoms with E-state index in [2.05, 4.69) is 10.6 Å². The molecule has 0 aliphatic rings. The van der Waals surface area contributed by atoms with Crippen LogP contribution in [0.25, 0.3) is 0 Å². The summed E-state index contributed by atoms with van der Waals surface area (Å²) in [6.07, 6.45) is 0.0514. The number of carbonyl (C=O) groups is 2. The summed E-state index contributed by atoms with van der Waals surface area (Å²) in [6, 6.07) is -0.532. The first-order chi connectivity index (χ1) is 7.31. The van der Waals surface area contributed by atoms with E-state index in [0.717, 1.165) is 0 Å². The van der Waals surface area contributed by atoms with Crippen LogP contribution in [0.4, 0.5) is 4.79 Å². The van der Waals surface area contributed by atoms with Gasteiger partial charge in [0.1, 0.15) is 0 Å². The Labute approximate surface area is 93.2 Å². The lowest BCUT2D eigenvalue weighted by atomic mass is 10.4. The first kappa shape index (κ1) is 14.6. The molecular weight excluding hydrogens is 238 g/mol. The lowest BCUT2D eigenvalue weighted by Crippen LogP contribution is -2.37. The van der Waals surface area contributed by atoms with Crippen LogP contribution in [0.2, 0.25) is 0 Å². The highest BCUT2D eigenvalue weighted by molar-refractivity contribution is 7.89. The summed E-state index contributed by atoms with van der Waals surface area (Å²) in [6.45, 7) is 0.186. The van der Waals surface area contributed by atoms with Gasteiger partial charge in [0.05, 0.1) is 12.2 Å². The number of nitrogens with two attached hydrogens (primary N) is 1. The third kappa shape index (κ3) is 10.7. The molecule has 0 atom stereocenters. The van der Waals surface area contributed by atoms with E-state index >= 15 is 0 Å². The normalized spacial score (nSPS) is 10.8. The number of aliphatic carboxylic acids is 1. The number of hydrogen-bond donors (Lipinski definition) is 4. The maximum atomic E-state index is 11.0. The van der Waals surface area contributed by atoms with Crippen LogP contribution in [0.5, 0.6) is 0 Å². The summed E-state index contributed by atoms with van der Waals surface area (Å²) < 4.78 is 21.0. The smallest absolute Gasteiger partial charge is 0.314 e. The first-order valence-corrected chi connectivity index (χ1v) is 6.27. The van der Waals surface area contributed by atoms with E-state index in [9.17, 15) is 18.0 Å². The van der Waals surface area contributed by atoms with Crippen molar-refractivity contribution in [2.24, 2.45) is 5.14 Å². The van der Waals surface area contributed by atoms with E-state index in [4.69, 9.17) is 10.2 Å². The van der Waals surface area contributed by atoms with Gasteiger partial charge in [0.15, 0.2) is 0 Å². The molecule has 0 aromatic heterocycles. The number of hydrogen-bond acceptors (Lipinski definition) is 4. The standard InChI is InChI=1S/C7H15N3O5S/c8-16(14,15)5-1-3-9-7(13)10-4-2-6(11)12/h1-5H2,(H,11,12)(H2,8,14,15)(H2,9,10,13). The third-order valence-corrected chi connectivity index (χ3v) is 2.37. The maximum absolute atomic E-state index is 11.0. The van der Waals surface area contributed by atoms with Gasteiger partial charge < -0.3 is 15.7 Å². The number of primary sulfonamides is 1. The van der Waals surface area contributed by atoms with Gasteiger partial charge in [-0.25, -0.2) is 18.4 Å². The lowest BCUT2D eigenvalue weighted by Gasteiger charge is -2.05. The second-order valence-electron chi connectivity index (χ2n) is 3.05. The monoisotopic (exact) mass is 253 g/mol. The quantitative estimate of drug-likeness (QED) is 0.406. The van der Waals surface area contributed by atoms with Gasteiger partial charge >= 0.3 is 12.0 Å². The molecular formula is C7H15N3O5S. The van der Waals surface area contributed by atoms with Crippen molar-refractivity contribution in [2.75, 3.05) is 18.8 Å². The number of urea groups is 1. The summed E-state index contributed by atoms with van der Waals surface area (Å²) in [7, 11) is -3.50. The Kier molecular flexibility index (Phi) is 6.42. The second-order valence-corrected chi connectivity index (χ2v) is 4.78. The van der Waals surface area contributed by atoms with Gasteiger partial charge in [0.25, 0.3) is 0 Å². The molecule has 5 N–H and O–H groups in total. The molecule has 0 rings (SSSR count). The Morgan fingerprint density at radius 3 is 2.25 bits per heavy atom. The van der Waals surface area contributed by atoms with Crippen LogP contribution in [0, 0.1) is 0 Å². The molecule has 94 valence electrons. The highest BCUT2D eigenvalue weighted by Crippen LogP contribution is 1.83. The zero-order valence-corrected chi connectivity index (χ0v) is 9.42. The van der Waals surface area contributed by atoms with Crippen molar-refractivity contribution in [2.45, 2.75) is 12.8 Å². The minimum atomic E-state index is -3.50. The number of rotatable bonds is 7. The summed E-state index contributed by atoms with van der Waals surface area (Å²) in [5, 5.41) is 17.7. The number of sulfonamides is 1. The number of carboxylic acid groups (broad SMARTS) is 1. The fourth-order valence-corrected chi connectivity index (χ4v) is 1.37. The van der Waals surface area contributed by atoms with Gasteiger partial charge in [0, 0.05) is 13.1 Å². The zero-order chi connectivity index (χ0) is 12.6. The van der Waals surface area contributed by atoms with Gasteiger partial charge in [-0.1, -0.05) is 0 Å². The molecule has 2 amide bonds. The highest BCUT2D eigenvalue weighted by atomic mass is 32.2. The van der Waals surface area contributed by atoms with Crippen molar-refractivity contribution in [3.8, 4) is 0 Å². The number of carbonyl (C=O) groups excluding carboxylic acids is 1. The Bertz CT molecular complexity index is 340. The van der Waals surface area contributed by atoms with E-state index in [1.165, 1.54) is 0 Å². The summed E-state index contributed by atoms with van der Waals surface area (Å²) in [5.41, 5.74) is 0. The summed E-state index contributed by atoms with van der Waals surface area (Å²) in [5.74, 6) is -1.21. The molecule has 8 nitrogen and oxygen atoms in total. The summed E-state index contributed by atoms with van der Waals surface area (Å²) >= 11 is 0. The van der Waals surface area contributed by atoms with E-state index < -0.39 is 22.0 Å². The lowest BCUT2D eigenvalue weighted by molar-refractivity contribution is -0.136. The van der Waals surface area contributed by atoms with Crippen LogP contribution >= 0.6 is 0 Å². The molecule has 0 radical (unpaired) electrons. The van der Waals surface area contributed by atoms with Crippen molar-refractivity contribution in [3.63, 3.8) is 0 Å². The van der Waals surface area contributed by atoms with Crippen molar-refractivity contribution >= 4 is 22.0 Å². The third-order valence-electron chi connectivity index (χ3n) is 1.52. The molecule has 0 aliphatic heterocycles. The van der Waals surface area contributed by atoms with Crippen molar-refractivity contribution in [3.05, 3.63) is 0 Å². The molecule has 0 fully saturated rings. The molecule has 16 heavy (non-hydrogen) atoms. The fraction of sp³-hybridized carbons (Fsp3) is 0.714. The molecule has 0 aliphatic carbocycles. The Hall–Kier alpha value is -1.35. The molecule has 0 aromatic rings. The van der Waals surface area contributed by atoms with Crippen molar-refractivity contribution in [1.29, 1.82) is 0 Å². The molecule has 0 unspecified atom stereocenters. The second kappa shape index (κ2) is 7.01. The van der Waals surface area contributed by atoms with Crippen molar-refractivity contribution in [1.82, 2.24) is 10.6 Å². The van der Waals surface area contributed by atoms with Gasteiger partial charge in [0.2, 0.25) is 10.0 Å². The van der Waals surface area contributed by atoms with Gasteiger partial charge in [-0.3, -0.25) is 4.79 Å². The largest absolute Gasteiger partial charge is 0.481 e. The van der Waals surface area contributed by atoms with Crippen LogP contribution in [-0.2, 0) is 14.8 Å². The molecule has 0 spiro atoms. The average molecular weight is 253 g/mol. The average Bonchev–Trinajstić information content (AvgIpc) is 2.10. The fourth-order valence-electron chi connectivity index (χ4n) is 0.821. The number of carboxylic acids is 1. The van der Waals surface area contributed by atoms with Crippen LogP contribution in [0.1, 0.15) is 12.8 Å². The molecule has 0 aromatic carbocycles. The van der Waals surface area contributed by atoms with E-state index in [1.807, 2.05) is 0 Å². The predicted molar refractivity (Wildman–Crippen MR) is 56.2 cm³/mol. The predicted octanol–water partition coefficient (Wildman–Crippen LogP) is -1.56. The number of amides is 2. The van der Waals surface area contributed by atoms with E-state index in [1.54, 1.807) is 0 Å². The summed E-state index contributed by atoms with van der Waals surface area (Å²) in [4.78, 5) is 21.1. The molecule has 0 heterocycles. The minimum Gasteiger partial charge on any atom is -0.481 e. The van der Waals surface area contributed by atoms with Crippen LogP contribution in [-0.4, -0.2) is 44.4 Å². The highest BCUT2D eigenvalue weighted by Gasteiger charge is 2.04.